The van der Waals surface area contributed by atoms with Crippen molar-refractivity contribution in [3.8, 4) is 28.5 Å². The molecule has 1 amide bonds. The van der Waals surface area contributed by atoms with Crippen molar-refractivity contribution in [3.05, 3.63) is 65.1 Å². The lowest BCUT2D eigenvalue weighted by Gasteiger charge is -2.14. The summed E-state index contributed by atoms with van der Waals surface area (Å²) in [4.78, 5) is 17.6. The minimum Gasteiger partial charge on any atom is -0.493 e. The maximum atomic E-state index is 13.3. The van der Waals surface area contributed by atoms with Gasteiger partial charge in [-0.05, 0) is 55.0 Å². The first kappa shape index (κ1) is 22.1. The fourth-order valence-corrected chi connectivity index (χ4v) is 3.56. The van der Waals surface area contributed by atoms with E-state index in [4.69, 9.17) is 18.7 Å². The van der Waals surface area contributed by atoms with E-state index < -0.39 is 0 Å². The SMILES string of the molecule is COc1cc(CNC(=O)c2cc(-c3ccc(F)cc3)nc3onc(C)c23)cc(OC)c1OC. The quantitative estimate of drug-likeness (QED) is 0.448. The molecular formula is C24H22FN3O5. The number of hydrogen-bond donors (Lipinski definition) is 1. The van der Waals surface area contributed by atoms with Crippen LogP contribution in [0.15, 0.2) is 47.0 Å². The van der Waals surface area contributed by atoms with Gasteiger partial charge in [-0.25, -0.2) is 9.37 Å². The molecular weight excluding hydrogens is 429 g/mol. The molecule has 4 rings (SSSR count). The lowest BCUT2D eigenvalue weighted by molar-refractivity contribution is 0.0952. The van der Waals surface area contributed by atoms with Crippen LogP contribution in [0, 0.1) is 12.7 Å². The number of pyridine rings is 1. The zero-order valence-electron chi connectivity index (χ0n) is 18.6. The molecule has 0 bridgehead atoms. The highest BCUT2D eigenvalue weighted by Crippen LogP contribution is 2.38. The van der Waals surface area contributed by atoms with Crippen molar-refractivity contribution in [2.24, 2.45) is 0 Å². The first-order chi connectivity index (χ1) is 15.9. The second-order valence-electron chi connectivity index (χ2n) is 7.23. The Labute approximate surface area is 189 Å². The standard InChI is InChI=1S/C24H22FN3O5/c1-13-21-17(11-18(27-24(21)33-28-13)15-5-7-16(25)8-6-15)23(29)26-12-14-9-19(30-2)22(32-4)20(10-14)31-3/h5-11H,12H2,1-4H3,(H,26,29). The molecule has 170 valence electrons. The Morgan fingerprint density at radius 1 is 1.03 bits per heavy atom. The second-order valence-corrected chi connectivity index (χ2v) is 7.23. The summed E-state index contributed by atoms with van der Waals surface area (Å²) in [5, 5.41) is 7.37. The molecule has 0 aliphatic heterocycles. The van der Waals surface area contributed by atoms with E-state index in [9.17, 15) is 9.18 Å². The number of amides is 1. The number of nitrogens with one attached hydrogen (secondary N) is 1. The third-order valence-corrected chi connectivity index (χ3v) is 5.18. The van der Waals surface area contributed by atoms with E-state index in [1.54, 1.807) is 37.3 Å². The van der Waals surface area contributed by atoms with E-state index in [-0.39, 0.29) is 24.0 Å². The van der Waals surface area contributed by atoms with E-state index in [0.717, 1.165) is 5.56 Å². The number of halogens is 1. The maximum Gasteiger partial charge on any atom is 0.259 e. The van der Waals surface area contributed by atoms with Gasteiger partial charge in [0.15, 0.2) is 11.5 Å². The monoisotopic (exact) mass is 451 g/mol. The number of methoxy groups -OCH3 is 3. The van der Waals surface area contributed by atoms with Crippen LogP contribution in [0.4, 0.5) is 4.39 Å². The summed E-state index contributed by atoms with van der Waals surface area (Å²) in [7, 11) is 4.58. The van der Waals surface area contributed by atoms with Gasteiger partial charge < -0.3 is 24.1 Å². The van der Waals surface area contributed by atoms with Gasteiger partial charge in [0.25, 0.3) is 11.6 Å². The molecule has 0 unspecified atom stereocenters. The number of rotatable bonds is 7. The number of carbonyl (C=O) groups is 1. The Bertz CT molecular complexity index is 1290. The molecule has 0 aliphatic carbocycles. The van der Waals surface area contributed by atoms with E-state index in [1.807, 2.05) is 0 Å². The summed E-state index contributed by atoms with van der Waals surface area (Å²) >= 11 is 0. The molecule has 33 heavy (non-hydrogen) atoms. The molecule has 2 heterocycles. The predicted octanol–water partition coefficient (Wildman–Crippen LogP) is 4.29. The van der Waals surface area contributed by atoms with Crippen molar-refractivity contribution in [2.75, 3.05) is 21.3 Å². The zero-order chi connectivity index (χ0) is 23.5. The van der Waals surface area contributed by atoms with Crippen LogP contribution in [-0.4, -0.2) is 37.4 Å². The van der Waals surface area contributed by atoms with Gasteiger partial charge in [-0.3, -0.25) is 4.79 Å². The summed E-state index contributed by atoms with van der Waals surface area (Å²) < 4.78 is 34.7. The van der Waals surface area contributed by atoms with Gasteiger partial charge in [0.2, 0.25) is 5.75 Å². The van der Waals surface area contributed by atoms with Crippen molar-refractivity contribution in [1.29, 1.82) is 0 Å². The Morgan fingerprint density at radius 2 is 1.70 bits per heavy atom. The molecule has 9 heteroatoms. The smallest absolute Gasteiger partial charge is 0.259 e. The molecule has 0 saturated heterocycles. The van der Waals surface area contributed by atoms with Crippen molar-refractivity contribution >= 4 is 17.0 Å². The van der Waals surface area contributed by atoms with Gasteiger partial charge in [0.05, 0.1) is 43.7 Å². The van der Waals surface area contributed by atoms with E-state index in [1.165, 1.54) is 33.5 Å². The van der Waals surface area contributed by atoms with Gasteiger partial charge in [-0.2, -0.15) is 0 Å². The molecule has 2 aromatic carbocycles. The van der Waals surface area contributed by atoms with Crippen LogP contribution in [-0.2, 0) is 6.54 Å². The molecule has 0 aliphatic rings. The lowest BCUT2D eigenvalue weighted by atomic mass is 10.0. The Balaban J connectivity index is 1.67. The number of benzene rings is 2. The molecule has 0 atom stereocenters. The summed E-state index contributed by atoms with van der Waals surface area (Å²) in [6.45, 7) is 1.94. The topological polar surface area (TPSA) is 95.7 Å². The summed E-state index contributed by atoms with van der Waals surface area (Å²) in [5.41, 5.74) is 2.99. The molecule has 8 nitrogen and oxygen atoms in total. The number of carbonyl (C=O) groups excluding carboxylic acids is 1. The number of aromatic nitrogens is 2. The number of nitrogens with zero attached hydrogens (tertiary/aromatic N) is 2. The van der Waals surface area contributed by atoms with Crippen LogP contribution in [0.5, 0.6) is 17.2 Å². The minimum absolute atomic E-state index is 0.204. The normalized spacial score (nSPS) is 10.8. The number of fused-ring (bicyclic) bond motifs is 1. The van der Waals surface area contributed by atoms with E-state index >= 15 is 0 Å². The largest absolute Gasteiger partial charge is 0.493 e. The highest BCUT2D eigenvalue weighted by Gasteiger charge is 2.20. The number of ether oxygens (including phenoxy) is 3. The maximum absolute atomic E-state index is 13.3. The van der Waals surface area contributed by atoms with E-state index in [0.29, 0.717) is 45.1 Å². The third kappa shape index (κ3) is 4.30. The van der Waals surface area contributed by atoms with Crippen molar-refractivity contribution < 1.29 is 27.9 Å². The van der Waals surface area contributed by atoms with Crippen molar-refractivity contribution in [3.63, 3.8) is 0 Å². The Kier molecular flexibility index (Phi) is 6.12. The average Bonchev–Trinajstić information content (AvgIpc) is 3.22. The Morgan fingerprint density at radius 3 is 2.30 bits per heavy atom. The van der Waals surface area contributed by atoms with Crippen LogP contribution in [0.3, 0.4) is 0 Å². The van der Waals surface area contributed by atoms with Gasteiger partial charge in [0.1, 0.15) is 5.82 Å². The summed E-state index contributed by atoms with van der Waals surface area (Å²) in [6.07, 6.45) is 0. The third-order valence-electron chi connectivity index (χ3n) is 5.18. The molecule has 1 N–H and O–H groups in total. The second kappa shape index (κ2) is 9.15. The Hall–Kier alpha value is -4.14. The molecule has 0 fully saturated rings. The van der Waals surface area contributed by atoms with Gasteiger partial charge in [0, 0.05) is 12.1 Å². The van der Waals surface area contributed by atoms with Gasteiger partial charge in [-0.1, -0.05) is 5.16 Å². The molecule has 0 spiro atoms. The van der Waals surface area contributed by atoms with Crippen LogP contribution < -0.4 is 19.5 Å². The zero-order valence-corrected chi connectivity index (χ0v) is 18.6. The predicted molar refractivity (Wildman–Crippen MR) is 119 cm³/mol. The van der Waals surface area contributed by atoms with Crippen LogP contribution >= 0.6 is 0 Å². The fourth-order valence-electron chi connectivity index (χ4n) is 3.56. The fraction of sp³-hybridized carbons (Fsp3) is 0.208. The average molecular weight is 451 g/mol. The number of aryl methyl sites for hydroxylation is 1. The van der Waals surface area contributed by atoms with E-state index in [2.05, 4.69) is 15.5 Å². The van der Waals surface area contributed by atoms with Gasteiger partial charge in [-0.15, -0.1) is 0 Å². The lowest BCUT2D eigenvalue weighted by Crippen LogP contribution is -2.23. The van der Waals surface area contributed by atoms with Crippen LogP contribution in [0.25, 0.3) is 22.4 Å². The number of hydrogen-bond acceptors (Lipinski definition) is 7. The molecule has 4 aromatic rings. The highest BCUT2D eigenvalue weighted by molar-refractivity contribution is 6.07. The van der Waals surface area contributed by atoms with Gasteiger partial charge >= 0.3 is 0 Å². The minimum atomic E-state index is -0.362. The first-order valence-electron chi connectivity index (χ1n) is 10.0. The van der Waals surface area contributed by atoms with Crippen LogP contribution in [0.2, 0.25) is 0 Å². The molecule has 0 radical (unpaired) electrons. The van der Waals surface area contributed by atoms with Crippen molar-refractivity contribution in [2.45, 2.75) is 13.5 Å². The molecule has 0 saturated carbocycles. The van der Waals surface area contributed by atoms with Crippen LogP contribution in [0.1, 0.15) is 21.6 Å². The highest BCUT2D eigenvalue weighted by atomic mass is 19.1. The first-order valence-corrected chi connectivity index (χ1v) is 10.0. The summed E-state index contributed by atoms with van der Waals surface area (Å²) in [5.74, 6) is 0.737. The van der Waals surface area contributed by atoms with Crippen molar-refractivity contribution in [1.82, 2.24) is 15.5 Å². The molecule has 2 aromatic heterocycles. The summed E-state index contributed by atoms with van der Waals surface area (Å²) in [6, 6.07) is 11.0.